The van der Waals surface area contributed by atoms with Gasteiger partial charge < -0.3 is 15.4 Å². The minimum Gasteiger partial charge on any atom is -0.493 e. The third kappa shape index (κ3) is 5.59. The molecule has 0 saturated carbocycles. The molecule has 0 radical (unpaired) electrons. The molecule has 0 aliphatic carbocycles. The molecule has 0 aliphatic rings. The van der Waals surface area contributed by atoms with Crippen molar-refractivity contribution in [3.8, 4) is 5.75 Å². The monoisotopic (exact) mass is 418 g/mol. The van der Waals surface area contributed by atoms with Gasteiger partial charge >= 0.3 is 0 Å². The van der Waals surface area contributed by atoms with E-state index in [2.05, 4.69) is 33.5 Å². The molecule has 0 saturated heterocycles. The number of carbonyl (C=O) groups excluding carboxylic acids is 2. The van der Waals surface area contributed by atoms with Crippen molar-refractivity contribution in [2.24, 2.45) is 0 Å². The van der Waals surface area contributed by atoms with Gasteiger partial charge in [0.2, 0.25) is 0 Å². The van der Waals surface area contributed by atoms with Crippen molar-refractivity contribution >= 4 is 33.4 Å². The Balaban J connectivity index is 2.11. The van der Waals surface area contributed by atoms with E-state index in [1.54, 1.807) is 36.4 Å². The minimum atomic E-state index is -0.261. The molecule has 2 N–H and O–H groups in total. The highest BCUT2D eigenvalue weighted by atomic mass is 79.9. The van der Waals surface area contributed by atoms with Crippen molar-refractivity contribution in [3.63, 3.8) is 0 Å². The van der Waals surface area contributed by atoms with Gasteiger partial charge in [-0.25, -0.2) is 0 Å². The van der Waals surface area contributed by atoms with Crippen molar-refractivity contribution in [1.29, 1.82) is 0 Å². The van der Waals surface area contributed by atoms with E-state index in [9.17, 15) is 9.59 Å². The molecule has 0 aliphatic heterocycles. The predicted molar refractivity (Wildman–Crippen MR) is 107 cm³/mol. The van der Waals surface area contributed by atoms with E-state index in [0.717, 1.165) is 17.3 Å². The van der Waals surface area contributed by atoms with Crippen molar-refractivity contribution in [2.75, 3.05) is 18.5 Å². The standard InChI is InChI=1S/C20H23BrN2O3/c1-3-5-12-26-18-11-8-15(21)13-17(18)20(25)23-16-9-6-14(7-10-16)19(24)22-4-2/h6-11,13H,3-5,12H2,1-2H3,(H,22,24)(H,23,25). The second kappa shape index (κ2) is 9.97. The van der Waals surface area contributed by atoms with Crippen molar-refractivity contribution in [3.05, 3.63) is 58.1 Å². The zero-order valence-corrected chi connectivity index (χ0v) is 16.6. The second-order valence-corrected chi connectivity index (χ2v) is 6.65. The summed E-state index contributed by atoms with van der Waals surface area (Å²) in [4.78, 5) is 24.4. The number of nitrogens with one attached hydrogen (secondary N) is 2. The smallest absolute Gasteiger partial charge is 0.259 e. The van der Waals surface area contributed by atoms with Crippen LogP contribution in [0, 0.1) is 0 Å². The number of ether oxygens (including phenoxy) is 1. The van der Waals surface area contributed by atoms with E-state index in [1.807, 2.05) is 13.0 Å². The maximum absolute atomic E-state index is 12.6. The highest BCUT2D eigenvalue weighted by Gasteiger charge is 2.14. The van der Waals surface area contributed by atoms with Gasteiger partial charge in [-0.05, 0) is 55.8 Å². The third-order valence-electron chi connectivity index (χ3n) is 3.68. The molecule has 0 spiro atoms. The van der Waals surface area contributed by atoms with Crippen LogP contribution >= 0.6 is 15.9 Å². The number of halogens is 1. The van der Waals surface area contributed by atoms with Gasteiger partial charge in [0.25, 0.3) is 11.8 Å². The minimum absolute atomic E-state index is 0.135. The highest BCUT2D eigenvalue weighted by molar-refractivity contribution is 9.10. The molecule has 0 bridgehead atoms. The Morgan fingerprint density at radius 3 is 2.42 bits per heavy atom. The van der Waals surface area contributed by atoms with Gasteiger partial charge in [-0.15, -0.1) is 0 Å². The first-order valence-corrected chi connectivity index (χ1v) is 9.46. The fourth-order valence-electron chi connectivity index (χ4n) is 2.30. The Morgan fingerprint density at radius 1 is 1.04 bits per heavy atom. The summed E-state index contributed by atoms with van der Waals surface area (Å²) in [5.41, 5.74) is 1.63. The lowest BCUT2D eigenvalue weighted by molar-refractivity contribution is 0.0955. The Morgan fingerprint density at radius 2 is 1.77 bits per heavy atom. The Labute approximate surface area is 162 Å². The molecule has 0 fully saturated rings. The van der Waals surface area contributed by atoms with Crippen LogP contribution in [0.2, 0.25) is 0 Å². The zero-order chi connectivity index (χ0) is 18.9. The van der Waals surface area contributed by atoms with Gasteiger partial charge in [0.1, 0.15) is 5.75 Å². The summed E-state index contributed by atoms with van der Waals surface area (Å²) in [7, 11) is 0. The number of hydrogen-bond acceptors (Lipinski definition) is 3. The van der Waals surface area contributed by atoms with Crippen LogP contribution in [0.3, 0.4) is 0 Å². The largest absolute Gasteiger partial charge is 0.493 e. The van der Waals surface area contributed by atoms with Crippen LogP contribution < -0.4 is 15.4 Å². The van der Waals surface area contributed by atoms with Crippen LogP contribution in [0.25, 0.3) is 0 Å². The van der Waals surface area contributed by atoms with Crippen LogP contribution in [-0.2, 0) is 0 Å². The average Bonchev–Trinajstić information content (AvgIpc) is 2.64. The summed E-state index contributed by atoms with van der Waals surface area (Å²) in [6.07, 6.45) is 1.95. The number of carbonyl (C=O) groups is 2. The first-order chi connectivity index (χ1) is 12.5. The van der Waals surface area contributed by atoms with Crippen LogP contribution in [0.1, 0.15) is 47.4 Å². The Bertz CT molecular complexity index is 760. The number of amides is 2. The number of anilines is 1. The lowest BCUT2D eigenvalue weighted by Crippen LogP contribution is -2.22. The summed E-state index contributed by atoms with van der Waals surface area (Å²) < 4.78 is 6.54. The lowest BCUT2D eigenvalue weighted by atomic mass is 10.1. The molecule has 0 unspecified atom stereocenters. The SMILES string of the molecule is CCCCOc1ccc(Br)cc1C(=O)Nc1ccc(C(=O)NCC)cc1. The van der Waals surface area contributed by atoms with Gasteiger partial charge in [0, 0.05) is 22.3 Å². The van der Waals surface area contributed by atoms with Gasteiger partial charge in [-0.1, -0.05) is 29.3 Å². The van der Waals surface area contributed by atoms with Gasteiger partial charge in [-0.2, -0.15) is 0 Å². The molecule has 5 nitrogen and oxygen atoms in total. The number of hydrogen-bond donors (Lipinski definition) is 2. The van der Waals surface area contributed by atoms with E-state index in [1.165, 1.54) is 0 Å². The first-order valence-electron chi connectivity index (χ1n) is 8.67. The summed E-state index contributed by atoms with van der Waals surface area (Å²) >= 11 is 3.39. The van der Waals surface area contributed by atoms with Gasteiger partial charge in [-0.3, -0.25) is 9.59 Å². The Kier molecular flexibility index (Phi) is 7.66. The number of rotatable bonds is 8. The molecule has 2 aromatic carbocycles. The van der Waals surface area contributed by atoms with Crippen LogP contribution in [0.5, 0.6) is 5.75 Å². The maximum Gasteiger partial charge on any atom is 0.259 e. The normalized spacial score (nSPS) is 10.3. The fraction of sp³-hybridized carbons (Fsp3) is 0.300. The fourth-order valence-corrected chi connectivity index (χ4v) is 2.66. The highest BCUT2D eigenvalue weighted by Crippen LogP contribution is 2.25. The summed E-state index contributed by atoms with van der Waals surface area (Å²) in [6.45, 7) is 5.09. The van der Waals surface area contributed by atoms with E-state index in [-0.39, 0.29) is 11.8 Å². The predicted octanol–water partition coefficient (Wildman–Crippen LogP) is 4.63. The Hall–Kier alpha value is -2.34. The maximum atomic E-state index is 12.6. The molecule has 2 rings (SSSR count). The van der Waals surface area contributed by atoms with E-state index < -0.39 is 0 Å². The summed E-state index contributed by atoms with van der Waals surface area (Å²) in [5.74, 6) is 0.158. The molecule has 2 aromatic rings. The summed E-state index contributed by atoms with van der Waals surface area (Å²) in [6, 6.07) is 12.1. The second-order valence-electron chi connectivity index (χ2n) is 5.73. The van der Waals surface area contributed by atoms with Gasteiger partial charge in [0.05, 0.1) is 12.2 Å². The molecule has 6 heteroatoms. The number of unbranched alkanes of at least 4 members (excludes halogenated alkanes) is 1. The molecular formula is C20H23BrN2O3. The van der Waals surface area contributed by atoms with E-state index in [4.69, 9.17) is 4.74 Å². The zero-order valence-electron chi connectivity index (χ0n) is 15.0. The molecule has 0 heterocycles. The van der Waals surface area contributed by atoms with E-state index >= 15 is 0 Å². The van der Waals surface area contributed by atoms with Crippen LogP contribution in [0.15, 0.2) is 46.9 Å². The molecule has 0 aromatic heterocycles. The number of benzene rings is 2. The van der Waals surface area contributed by atoms with Crippen molar-refractivity contribution in [1.82, 2.24) is 5.32 Å². The van der Waals surface area contributed by atoms with E-state index in [0.29, 0.717) is 35.7 Å². The first kappa shape index (κ1) is 20.0. The molecule has 138 valence electrons. The quantitative estimate of drug-likeness (QED) is 0.613. The topological polar surface area (TPSA) is 67.4 Å². The lowest BCUT2D eigenvalue weighted by Gasteiger charge is -2.12. The molecule has 2 amide bonds. The van der Waals surface area contributed by atoms with Crippen molar-refractivity contribution < 1.29 is 14.3 Å². The molecular weight excluding hydrogens is 396 g/mol. The summed E-state index contributed by atoms with van der Waals surface area (Å²) in [5, 5.41) is 5.58. The van der Waals surface area contributed by atoms with Crippen LogP contribution in [-0.4, -0.2) is 25.0 Å². The average molecular weight is 419 g/mol. The third-order valence-corrected chi connectivity index (χ3v) is 4.18. The van der Waals surface area contributed by atoms with Crippen molar-refractivity contribution in [2.45, 2.75) is 26.7 Å². The molecule has 0 atom stereocenters. The van der Waals surface area contributed by atoms with Crippen LogP contribution in [0.4, 0.5) is 5.69 Å². The van der Waals surface area contributed by atoms with Gasteiger partial charge in [0.15, 0.2) is 0 Å². The molecule has 26 heavy (non-hydrogen) atoms.